The Kier molecular flexibility index (Phi) is 16.3. The number of carbonyl (C=O) groups excluding carboxylic acids is 4. The molecule has 13 nitrogen and oxygen atoms in total. The molecule has 3 N–H and O–H groups in total. The number of hydrogen-bond donors (Lipinski definition) is 3. The van der Waals surface area contributed by atoms with Crippen LogP contribution in [0.1, 0.15) is 97.5 Å². The third-order valence-corrected chi connectivity index (χ3v) is 12.3. The molecule has 13 heteroatoms. The van der Waals surface area contributed by atoms with E-state index in [9.17, 15) is 29.1 Å². The van der Waals surface area contributed by atoms with Crippen molar-refractivity contribution < 1.29 is 38.6 Å². The van der Waals surface area contributed by atoms with E-state index in [0.29, 0.717) is 19.5 Å². The topological polar surface area (TPSA) is 158 Å². The van der Waals surface area contributed by atoms with Gasteiger partial charge in [-0.25, -0.2) is 4.79 Å². The normalized spacial score (nSPS) is 23.1. The maximum absolute atomic E-state index is 14.2. The van der Waals surface area contributed by atoms with Crippen molar-refractivity contribution in [3.05, 3.63) is 35.9 Å². The van der Waals surface area contributed by atoms with Crippen molar-refractivity contribution in [2.45, 2.75) is 134 Å². The summed E-state index contributed by atoms with van der Waals surface area (Å²) in [6, 6.07) is 7.21. The number of carboxylic acids is 1. The number of methoxy groups -OCH3 is 2. The maximum atomic E-state index is 14.2. The monoisotopic (exact) mass is 755 g/mol. The Balaban J connectivity index is 1.46. The summed E-state index contributed by atoms with van der Waals surface area (Å²) in [4.78, 5) is 73.2. The molecule has 6 unspecified atom stereocenters. The first-order valence-electron chi connectivity index (χ1n) is 20.2. The number of benzene rings is 1. The van der Waals surface area contributed by atoms with Crippen LogP contribution < -0.4 is 10.6 Å². The first kappa shape index (κ1) is 43.2. The number of unbranched alkanes of at least 4 members (excludes halogenated alkanes) is 1. The maximum Gasteiger partial charge on any atom is 0.326 e. The minimum atomic E-state index is -1.13. The van der Waals surface area contributed by atoms with Crippen LogP contribution in [0.25, 0.3) is 0 Å². The lowest BCUT2D eigenvalue weighted by Crippen LogP contribution is -2.69. The standard InChI is InChI=1S/C41H65N5O8/c1-7-9-22-46(35(48)27-42-40(52)41-19-13-14-21-44(41)24-20-41)36(28(3)8-2)33(53-5)26-34(47)45-23-15-18-32(45)37(54-6)29(4)38(49)43-31(39(50)51)25-30-16-11-10-12-17-30/h10-12,16-17,28-29,31-33,36-37H,7-9,13-15,18-27H2,1-6H3,(H,42,52)(H,43,49)(H,50,51)/t28?,29?,31?,32?,33?,36-,37+,41?/m0/s1. The van der Waals surface area contributed by atoms with Crippen LogP contribution in [-0.2, 0) is 39.9 Å². The molecule has 1 aromatic carbocycles. The van der Waals surface area contributed by atoms with Gasteiger partial charge in [0.05, 0.1) is 43.2 Å². The van der Waals surface area contributed by atoms with Crippen molar-refractivity contribution >= 4 is 29.6 Å². The first-order chi connectivity index (χ1) is 25.9. The molecule has 0 aliphatic carbocycles. The zero-order valence-corrected chi connectivity index (χ0v) is 33.4. The zero-order valence-electron chi connectivity index (χ0n) is 33.4. The van der Waals surface area contributed by atoms with Crippen molar-refractivity contribution in [2.75, 3.05) is 46.9 Å². The molecule has 4 rings (SSSR count). The summed E-state index contributed by atoms with van der Waals surface area (Å²) >= 11 is 0. The molecule has 3 heterocycles. The van der Waals surface area contributed by atoms with Crippen molar-refractivity contribution in [3.8, 4) is 0 Å². The second-order valence-corrected chi connectivity index (χ2v) is 15.6. The highest BCUT2D eigenvalue weighted by molar-refractivity contribution is 5.91. The molecule has 0 spiro atoms. The quantitative estimate of drug-likeness (QED) is 0.171. The number of rotatable bonds is 21. The highest BCUT2D eigenvalue weighted by atomic mass is 16.5. The Labute approximate surface area is 321 Å². The second-order valence-electron chi connectivity index (χ2n) is 15.6. The Hall–Kier alpha value is -3.55. The SMILES string of the molecule is CCCCN(C(=O)CNC(=O)C12CCCCN1CC2)[C@@H](C(C)CC)C(CC(=O)N1CCCC1[C@H](OC)C(C)C(=O)NC(Cc1ccccc1)C(=O)O)OC. The average molecular weight is 756 g/mol. The van der Waals surface area contributed by atoms with Crippen LogP contribution in [0.4, 0.5) is 0 Å². The average Bonchev–Trinajstić information content (AvgIpc) is 3.65. The van der Waals surface area contributed by atoms with E-state index in [1.165, 1.54) is 7.11 Å². The number of likely N-dealkylation sites (tertiary alicyclic amines) is 1. The lowest BCUT2D eigenvalue weighted by atomic mass is 9.76. The Morgan fingerprint density at radius 1 is 0.981 bits per heavy atom. The van der Waals surface area contributed by atoms with Crippen LogP contribution in [0.15, 0.2) is 30.3 Å². The van der Waals surface area contributed by atoms with E-state index in [-0.39, 0.29) is 43.0 Å². The Morgan fingerprint density at radius 2 is 1.72 bits per heavy atom. The van der Waals surface area contributed by atoms with E-state index < -0.39 is 53.7 Å². The number of ether oxygens (including phenoxy) is 2. The highest BCUT2D eigenvalue weighted by Crippen LogP contribution is 2.39. The first-order valence-corrected chi connectivity index (χ1v) is 20.2. The number of piperidine rings is 1. The molecular formula is C41H65N5O8. The highest BCUT2D eigenvalue weighted by Gasteiger charge is 2.52. The largest absolute Gasteiger partial charge is 0.480 e. The molecule has 302 valence electrons. The molecule has 3 aliphatic rings. The number of fused-ring (bicyclic) bond motifs is 1. The third-order valence-electron chi connectivity index (χ3n) is 12.3. The molecule has 3 fully saturated rings. The van der Waals surface area contributed by atoms with Crippen LogP contribution in [-0.4, -0.2) is 132 Å². The van der Waals surface area contributed by atoms with Crippen molar-refractivity contribution in [2.24, 2.45) is 11.8 Å². The minimum Gasteiger partial charge on any atom is -0.480 e. The Bertz CT molecular complexity index is 1410. The van der Waals surface area contributed by atoms with Gasteiger partial charge in [0.15, 0.2) is 0 Å². The second kappa shape index (κ2) is 20.4. The van der Waals surface area contributed by atoms with Crippen LogP contribution in [0.2, 0.25) is 0 Å². The molecule has 8 atom stereocenters. The molecule has 3 saturated heterocycles. The molecule has 0 radical (unpaired) electrons. The zero-order chi connectivity index (χ0) is 39.4. The van der Waals surface area contributed by atoms with Gasteiger partial charge < -0.3 is 35.0 Å². The molecule has 0 aromatic heterocycles. The minimum absolute atomic E-state index is 0.00111. The third kappa shape index (κ3) is 10.2. The molecule has 3 aliphatic heterocycles. The summed E-state index contributed by atoms with van der Waals surface area (Å²) in [7, 11) is 3.09. The van der Waals surface area contributed by atoms with Gasteiger partial charge in [-0.2, -0.15) is 0 Å². The molecular weight excluding hydrogens is 690 g/mol. The van der Waals surface area contributed by atoms with Crippen LogP contribution in [0, 0.1) is 11.8 Å². The van der Waals surface area contributed by atoms with E-state index >= 15 is 0 Å². The van der Waals surface area contributed by atoms with E-state index in [2.05, 4.69) is 36.3 Å². The number of nitrogens with one attached hydrogen (secondary N) is 2. The lowest BCUT2D eigenvalue weighted by Gasteiger charge is -2.54. The van der Waals surface area contributed by atoms with Gasteiger partial charge in [0.2, 0.25) is 23.6 Å². The number of nitrogens with zero attached hydrogens (tertiary/aromatic N) is 3. The van der Waals surface area contributed by atoms with Gasteiger partial charge in [-0.3, -0.25) is 24.1 Å². The molecule has 1 aromatic rings. The number of amides is 4. The Morgan fingerprint density at radius 3 is 2.31 bits per heavy atom. The molecule has 0 saturated carbocycles. The van der Waals surface area contributed by atoms with Gasteiger partial charge in [-0.1, -0.05) is 70.9 Å². The lowest BCUT2D eigenvalue weighted by molar-refractivity contribution is -0.151. The summed E-state index contributed by atoms with van der Waals surface area (Å²) in [6.07, 6.45) is 6.36. The van der Waals surface area contributed by atoms with Crippen LogP contribution in [0.3, 0.4) is 0 Å². The van der Waals surface area contributed by atoms with Crippen molar-refractivity contribution in [1.82, 2.24) is 25.3 Å². The van der Waals surface area contributed by atoms with Gasteiger partial charge in [-0.05, 0) is 63.0 Å². The summed E-state index contributed by atoms with van der Waals surface area (Å²) in [5, 5.41) is 15.6. The molecule has 0 bridgehead atoms. The van der Waals surface area contributed by atoms with E-state index in [1.54, 1.807) is 18.9 Å². The molecule has 54 heavy (non-hydrogen) atoms. The van der Waals surface area contributed by atoms with Crippen molar-refractivity contribution in [1.29, 1.82) is 0 Å². The number of aliphatic carboxylic acids is 1. The fourth-order valence-corrected chi connectivity index (χ4v) is 8.82. The summed E-state index contributed by atoms with van der Waals surface area (Å²) in [6.45, 7) is 10.6. The van der Waals surface area contributed by atoms with E-state index in [1.807, 2.05) is 35.2 Å². The van der Waals surface area contributed by atoms with Crippen LogP contribution >= 0.6 is 0 Å². The summed E-state index contributed by atoms with van der Waals surface area (Å²) < 4.78 is 12.0. The van der Waals surface area contributed by atoms with Crippen molar-refractivity contribution in [3.63, 3.8) is 0 Å². The number of carboxylic acid groups (broad SMARTS) is 1. The predicted octanol–water partition coefficient (Wildman–Crippen LogP) is 3.63. The van der Waals surface area contributed by atoms with Gasteiger partial charge >= 0.3 is 5.97 Å². The summed E-state index contributed by atoms with van der Waals surface area (Å²) in [5.74, 6) is -2.73. The molecule has 4 amide bonds. The smallest absolute Gasteiger partial charge is 0.326 e. The van der Waals surface area contributed by atoms with Gasteiger partial charge in [0, 0.05) is 40.3 Å². The van der Waals surface area contributed by atoms with Crippen LogP contribution in [0.5, 0.6) is 0 Å². The van der Waals surface area contributed by atoms with Gasteiger partial charge in [0.1, 0.15) is 11.6 Å². The summed E-state index contributed by atoms with van der Waals surface area (Å²) in [5.41, 5.74) is 0.302. The van der Waals surface area contributed by atoms with Gasteiger partial charge in [-0.15, -0.1) is 0 Å². The fourth-order valence-electron chi connectivity index (χ4n) is 8.82. The number of hydrogen-bond acceptors (Lipinski definition) is 8. The van der Waals surface area contributed by atoms with Gasteiger partial charge in [0.25, 0.3) is 0 Å². The predicted molar refractivity (Wildman–Crippen MR) is 205 cm³/mol. The van der Waals surface area contributed by atoms with E-state index in [4.69, 9.17) is 9.47 Å². The number of carbonyl (C=O) groups is 5. The fraction of sp³-hybridized carbons (Fsp3) is 0.732. The van der Waals surface area contributed by atoms with E-state index in [0.717, 1.165) is 70.0 Å².